The Labute approximate surface area is 78.4 Å². The van der Waals surface area contributed by atoms with E-state index in [0.29, 0.717) is 11.6 Å². The van der Waals surface area contributed by atoms with Gasteiger partial charge < -0.3 is 5.11 Å². The molecule has 0 bridgehead atoms. The van der Waals surface area contributed by atoms with Crippen LogP contribution < -0.4 is 0 Å². The molecule has 0 aromatic rings. The highest BCUT2D eigenvalue weighted by Crippen LogP contribution is 2.08. The van der Waals surface area contributed by atoms with Crippen molar-refractivity contribution < 1.29 is 9.32 Å². The molecule has 0 heterocycles. The lowest BCUT2D eigenvalue weighted by Crippen LogP contribution is -2.08. The summed E-state index contributed by atoms with van der Waals surface area (Å²) in [5.74, 6) is -0.353. The summed E-state index contributed by atoms with van der Waals surface area (Å²) in [6, 6.07) is 0. The first-order valence-electron chi connectivity index (χ1n) is 3.70. The van der Waals surface area contributed by atoms with Gasteiger partial charge in [-0.25, -0.2) is 8.57 Å². The smallest absolute Gasteiger partial charge is 0.127 e. The minimum atomic E-state index is -2.38. The van der Waals surface area contributed by atoms with E-state index in [1.165, 1.54) is 11.8 Å². The Bertz CT molecular complexity index is 232. The average molecular weight is 209 g/mol. The van der Waals surface area contributed by atoms with Crippen molar-refractivity contribution in [2.45, 2.75) is 13.3 Å². The molecule has 0 spiro atoms. The molecule has 12 heavy (non-hydrogen) atoms. The third-order valence-corrected chi connectivity index (χ3v) is 4.43. The van der Waals surface area contributed by atoms with Crippen LogP contribution in [0.1, 0.15) is 13.3 Å². The van der Waals surface area contributed by atoms with E-state index < -0.39 is 9.73 Å². The molecule has 0 aliphatic heterocycles. The Morgan fingerprint density at radius 1 is 1.75 bits per heavy atom. The number of hydrogen-bond donors (Lipinski definition) is 1. The first-order valence-corrected chi connectivity index (χ1v) is 6.60. The number of nitrogens with zero attached hydrogens (tertiary/aromatic N) is 1. The topological polar surface area (TPSA) is 49.7 Å². The van der Waals surface area contributed by atoms with Crippen molar-refractivity contribution in [3.8, 4) is 0 Å². The molecular formula is C7H15NO2S2. The molecule has 1 atom stereocenters. The summed E-state index contributed by atoms with van der Waals surface area (Å²) in [6.45, 7) is 6.00. The van der Waals surface area contributed by atoms with Crippen LogP contribution in [0.4, 0.5) is 0 Å². The lowest BCUT2D eigenvalue weighted by atomic mass is 10.5. The number of thioether (sulfide) groups is 1. The highest BCUT2D eigenvalue weighted by molar-refractivity contribution is 8.14. The lowest BCUT2D eigenvalue weighted by Gasteiger charge is -2.03. The van der Waals surface area contributed by atoms with Gasteiger partial charge in [0.25, 0.3) is 0 Å². The highest BCUT2D eigenvalue weighted by atomic mass is 32.3. The van der Waals surface area contributed by atoms with Crippen LogP contribution in [0, 0.1) is 0 Å². The lowest BCUT2D eigenvalue weighted by molar-refractivity contribution is 0.366. The summed E-state index contributed by atoms with van der Waals surface area (Å²) >= 11 is 1.32. The summed E-state index contributed by atoms with van der Waals surface area (Å²) in [4.78, 5) is 0. The normalized spacial score (nSPS) is 15.2. The highest BCUT2D eigenvalue weighted by Gasteiger charge is 2.04. The Morgan fingerprint density at radius 2 is 2.42 bits per heavy atom. The van der Waals surface area contributed by atoms with E-state index >= 15 is 0 Å². The van der Waals surface area contributed by atoms with E-state index in [0.717, 1.165) is 6.42 Å². The van der Waals surface area contributed by atoms with Crippen molar-refractivity contribution in [3.05, 3.63) is 12.0 Å². The van der Waals surface area contributed by atoms with Gasteiger partial charge in [0.2, 0.25) is 0 Å². The Morgan fingerprint density at radius 3 is 2.83 bits per heavy atom. The maximum atomic E-state index is 11.6. The minimum Gasteiger partial charge on any atom is -0.382 e. The van der Waals surface area contributed by atoms with Gasteiger partial charge in [-0.1, -0.05) is 13.5 Å². The van der Waals surface area contributed by atoms with Crippen LogP contribution in [0.15, 0.2) is 16.3 Å². The van der Waals surface area contributed by atoms with Gasteiger partial charge in [0, 0.05) is 6.54 Å². The van der Waals surface area contributed by atoms with Crippen LogP contribution in [0.5, 0.6) is 0 Å². The summed E-state index contributed by atoms with van der Waals surface area (Å²) in [5.41, 5.74) is 0. The standard InChI is InChI=1S/C7H15NO2S2/c1-3-5-8-12(10,6-9)7-11-4-2/h4,9H,2-3,5-7H2,1H3. The summed E-state index contributed by atoms with van der Waals surface area (Å²) in [7, 11) is -2.38. The quantitative estimate of drug-likeness (QED) is 0.723. The van der Waals surface area contributed by atoms with Gasteiger partial charge in [-0.05, 0) is 11.8 Å². The molecule has 1 unspecified atom stereocenters. The van der Waals surface area contributed by atoms with Crippen molar-refractivity contribution in [1.82, 2.24) is 0 Å². The van der Waals surface area contributed by atoms with Gasteiger partial charge in [0.15, 0.2) is 0 Å². The van der Waals surface area contributed by atoms with Crippen LogP contribution in [-0.4, -0.2) is 26.9 Å². The maximum absolute atomic E-state index is 11.6. The molecule has 0 aliphatic rings. The Hall–Kier alpha value is -0.0000000000000000833. The first-order chi connectivity index (χ1) is 5.68. The third kappa shape index (κ3) is 4.79. The van der Waals surface area contributed by atoms with E-state index in [-0.39, 0.29) is 5.94 Å². The second kappa shape index (κ2) is 6.51. The number of aliphatic hydroxyl groups excluding tert-OH is 1. The molecule has 0 rings (SSSR count). The van der Waals surface area contributed by atoms with Crippen molar-refractivity contribution in [1.29, 1.82) is 0 Å². The number of rotatable bonds is 6. The fourth-order valence-corrected chi connectivity index (χ4v) is 2.96. The second-order valence-electron chi connectivity index (χ2n) is 2.21. The second-order valence-corrected chi connectivity index (χ2v) is 5.88. The van der Waals surface area contributed by atoms with E-state index in [1.54, 1.807) is 5.41 Å². The van der Waals surface area contributed by atoms with Gasteiger partial charge in [0.05, 0.1) is 14.8 Å². The largest absolute Gasteiger partial charge is 0.382 e. The Balaban J connectivity index is 4.23. The van der Waals surface area contributed by atoms with Gasteiger partial charge in [0.1, 0.15) is 5.94 Å². The molecule has 3 nitrogen and oxygen atoms in total. The van der Waals surface area contributed by atoms with Crippen molar-refractivity contribution in [2.75, 3.05) is 17.6 Å². The molecule has 1 N–H and O–H groups in total. The average Bonchev–Trinajstić information content (AvgIpc) is 2.11. The number of hydrogen-bond acceptors (Lipinski definition) is 4. The zero-order valence-electron chi connectivity index (χ0n) is 7.23. The fourth-order valence-electron chi connectivity index (χ4n) is 0.527. The first kappa shape index (κ1) is 12.0. The predicted octanol–water partition coefficient (Wildman–Crippen LogP) is 1.65. The van der Waals surface area contributed by atoms with Gasteiger partial charge in [-0.3, -0.25) is 0 Å². The van der Waals surface area contributed by atoms with Crippen LogP contribution in [0.3, 0.4) is 0 Å². The molecule has 5 heteroatoms. The van der Waals surface area contributed by atoms with Crippen molar-refractivity contribution >= 4 is 21.5 Å². The predicted molar refractivity (Wildman–Crippen MR) is 55.5 cm³/mol. The fraction of sp³-hybridized carbons (Fsp3) is 0.714. The maximum Gasteiger partial charge on any atom is 0.127 e. The van der Waals surface area contributed by atoms with Crippen LogP contribution >= 0.6 is 11.8 Å². The molecule has 0 aromatic carbocycles. The number of aliphatic hydroxyl groups is 1. The van der Waals surface area contributed by atoms with E-state index in [4.69, 9.17) is 5.11 Å². The zero-order valence-corrected chi connectivity index (χ0v) is 8.87. The molecule has 0 aromatic heterocycles. The van der Waals surface area contributed by atoms with Crippen molar-refractivity contribution in [3.63, 3.8) is 0 Å². The molecule has 0 amide bonds. The summed E-state index contributed by atoms with van der Waals surface area (Å²) in [5, 5.41) is 10.8. The molecule has 72 valence electrons. The third-order valence-electron chi connectivity index (χ3n) is 1.12. The van der Waals surface area contributed by atoms with Crippen LogP contribution in [0.25, 0.3) is 0 Å². The monoisotopic (exact) mass is 209 g/mol. The van der Waals surface area contributed by atoms with E-state index in [9.17, 15) is 4.21 Å². The van der Waals surface area contributed by atoms with Gasteiger partial charge in [-0.15, -0.1) is 11.8 Å². The minimum absolute atomic E-state index is 0.340. The molecule has 0 aliphatic carbocycles. The molecule has 0 saturated heterocycles. The van der Waals surface area contributed by atoms with E-state index in [1.807, 2.05) is 6.92 Å². The van der Waals surface area contributed by atoms with Crippen LogP contribution in [0.2, 0.25) is 0 Å². The zero-order chi connectivity index (χ0) is 9.45. The molecule has 0 saturated carbocycles. The van der Waals surface area contributed by atoms with Gasteiger partial charge >= 0.3 is 0 Å². The molecule has 0 radical (unpaired) electrons. The van der Waals surface area contributed by atoms with Crippen molar-refractivity contribution in [2.24, 2.45) is 4.36 Å². The Kier molecular flexibility index (Phi) is 6.51. The SMILES string of the molecule is C=CSCS(=O)(CO)=NCCC. The van der Waals surface area contributed by atoms with Crippen LogP contribution in [-0.2, 0) is 9.73 Å². The molecule has 0 fully saturated rings. The summed E-state index contributed by atoms with van der Waals surface area (Å²) < 4.78 is 15.5. The van der Waals surface area contributed by atoms with E-state index in [2.05, 4.69) is 10.9 Å². The van der Waals surface area contributed by atoms with Gasteiger partial charge in [-0.2, -0.15) is 0 Å². The molecular weight excluding hydrogens is 194 g/mol. The summed E-state index contributed by atoms with van der Waals surface area (Å²) in [6.07, 6.45) is 0.857.